The third-order valence-electron chi connectivity index (χ3n) is 1.43. The molecule has 0 heterocycles. The summed E-state index contributed by atoms with van der Waals surface area (Å²) in [5.74, 6) is -0.799. The maximum absolute atomic E-state index is 11.4. The topological polar surface area (TPSA) is 86.5 Å². The molecule has 8 heteroatoms. The van der Waals surface area contributed by atoms with Gasteiger partial charge < -0.3 is 11.3 Å². The summed E-state index contributed by atoms with van der Waals surface area (Å²) in [5.41, 5.74) is 4.87. The van der Waals surface area contributed by atoms with Gasteiger partial charge in [0, 0.05) is 0 Å². The van der Waals surface area contributed by atoms with Crippen molar-refractivity contribution in [3.63, 3.8) is 0 Å². The number of amides is 1. The number of para-hydroxylation sites is 1. The molecule has 0 aliphatic carbocycles. The number of hydrogen-bond donors (Lipinski definition) is 1. The van der Waals surface area contributed by atoms with Gasteiger partial charge in [-0.25, -0.2) is 0 Å². The van der Waals surface area contributed by atoms with Crippen LogP contribution in [0.3, 0.4) is 0 Å². The molecule has 0 bridgehead atoms. The van der Waals surface area contributed by atoms with Crippen LogP contribution in [0.15, 0.2) is 30.3 Å². The molecule has 0 saturated carbocycles. The fourth-order valence-corrected chi connectivity index (χ4v) is 1.85. The maximum atomic E-state index is 11.4. The van der Waals surface area contributed by atoms with Crippen LogP contribution in [0.5, 0.6) is 5.75 Å². The van der Waals surface area contributed by atoms with E-state index in [9.17, 15) is 13.2 Å². The predicted octanol–water partition coefficient (Wildman–Crippen LogP) is -2.24. The van der Waals surface area contributed by atoms with E-state index in [0.29, 0.717) is 0 Å². The zero-order valence-corrected chi connectivity index (χ0v) is 13.4. The summed E-state index contributed by atoms with van der Waals surface area (Å²) in [6.45, 7) is 0. The number of alkyl halides is 1. The van der Waals surface area contributed by atoms with Gasteiger partial charge in [-0.2, -0.15) is 8.42 Å². The van der Waals surface area contributed by atoms with Crippen molar-refractivity contribution in [2.24, 2.45) is 5.73 Å². The Morgan fingerprint density at radius 2 is 1.88 bits per heavy atom. The fourth-order valence-electron chi connectivity index (χ4n) is 0.795. The van der Waals surface area contributed by atoms with E-state index < -0.39 is 19.3 Å². The molecule has 0 aliphatic heterocycles. The van der Waals surface area contributed by atoms with Crippen LogP contribution in [0.25, 0.3) is 0 Å². The second-order valence-corrected chi connectivity index (χ2v) is 6.32. The molecule has 1 unspecified atom stereocenters. The molecule has 1 aromatic carbocycles. The summed E-state index contributed by atoms with van der Waals surface area (Å²) in [4.78, 5) is 10.7. The SMILES string of the molecule is NC(=O)C(I)S(=O)(=O)Oc1ccccc1.[H-].[Na+]. The Labute approximate surface area is 131 Å². The number of primary amides is 1. The predicted molar refractivity (Wildman–Crippen MR) is 64.1 cm³/mol. The second kappa shape index (κ2) is 6.80. The first kappa shape index (κ1) is 16.2. The van der Waals surface area contributed by atoms with Crippen molar-refractivity contribution in [3.05, 3.63) is 30.3 Å². The molecule has 1 aromatic rings. The summed E-state index contributed by atoms with van der Waals surface area (Å²) >= 11 is 1.41. The Morgan fingerprint density at radius 3 is 2.31 bits per heavy atom. The zero-order chi connectivity index (χ0) is 11.5. The Kier molecular flexibility index (Phi) is 6.87. The summed E-state index contributed by atoms with van der Waals surface area (Å²) < 4.78 is 26.1. The van der Waals surface area contributed by atoms with E-state index in [1.807, 2.05) is 0 Å². The Balaban J connectivity index is 0. The minimum absolute atomic E-state index is 0. The molecule has 1 rings (SSSR count). The molecule has 5 nitrogen and oxygen atoms in total. The molecule has 0 spiro atoms. The van der Waals surface area contributed by atoms with Crippen molar-refractivity contribution in [1.29, 1.82) is 0 Å². The molecular weight excluding hydrogens is 356 g/mol. The van der Waals surface area contributed by atoms with E-state index >= 15 is 0 Å². The fraction of sp³-hybridized carbons (Fsp3) is 0.125. The van der Waals surface area contributed by atoms with Crippen LogP contribution in [-0.2, 0) is 14.9 Å². The van der Waals surface area contributed by atoms with Gasteiger partial charge in [0.2, 0.25) is 9.16 Å². The molecule has 84 valence electrons. The van der Waals surface area contributed by atoms with Crippen LogP contribution in [-0.4, -0.2) is 17.6 Å². The van der Waals surface area contributed by atoms with Crippen molar-refractivity contribution in [3.8, 4) is 5.75 Å². The first-order valence-corrected chi connectivity index (χ1v) is 6.57. The van der Waals surface area contributed by atoms with Gasteiger partial charge in [-0.15, -0.1) is 0 Å². The average molecular weight is 365 g/mol. The summed E-state index contributed by atoms with van der Waals surface area (Å²) in [7, 11) is -4.00. The van der Waals surface area contributed by atoms with Crippen LogP contribution in [0.1, 0.15) is 1.43 Å². The van der Waals surface area contributed by atoms with E-state index in [4.69, 9.17) is 5.73 Å². The monoisotopic (exact) mass is 365 g/mol. The number of carbonyl (C=O) groups excluding carboxylic acids is 1. The molecule has 0 aromatic heterocycles. The van der Waals surface area contributed by atoms with Gasteiger partial charge in [0.1, 0.15) is 5.75 Å². The Hall–Kier alpha value is 0.170. The standard InChI is InChI=1S/C8H8INO4S.Na.H/c9-7(8(10)11)15(12,13)14-6-4-2-1-3-5-6;;/h1-5,7H,(H2,10,11);;/q;+1;-1. The van der Waals surface area contributed by atoms with Gasteiger partial charge in [0.15, 0.2) is 0 Å². The molecule has 16 heavy (non-hydrogen) atoms. The Morgan fingerprint density at radius 1 is 1.38 bits per heavy atom. The van der Waals surface area contributed by atoms with E-state index in [0.717, 1.165) is 0 Å². The zero-order valence-electron chi connectivity index (χ0n) is 9.46. The van der Waals surface area contributed by atoms with Gasteiger partial charge in [-0.1, -0.05) is 40.8 Å². The molecular formula is C8H9INNaO4S. The summed E-state index contributed by atoms with van der Waals surface area (Å²) in [6, 6.07) is 7.91. The number of hydrogen-bond acceptors (Lipinski definition) is 4. The third-order valence-corrected chi connectivity index (χ3v) is 5.08. The largest absolute Gasteiger partial charge is 1.00 e. The minimum Gasteiger partial charge on any atom is -1.00 e. The molecule has 0 saturated heterocycles. The van der Waals surface area contributed by atoms with Crippen LogP contribution in [0.2, 0.25) is 0 Å². The molecule has 0 radical (unpaired) electrons. The van der Waals surface area contributed by atoms with Crippen molar-refractivity contribution in [2.75, 3.05) is 0 Å². The Bertz CT molecular complexity index is 456. The van der Waals surface area contributed by atoms with Gasteiger partial charge in [0.25, 0.3) is 0 Å². The van der Waals surface area contributed by atoms with Crippen molar-refractivity contribution < 1.29 is 48.4 Å². The summed E-state index contributed by atoms with van der Waals surface area (Å²) in [6.07, 6.45) is 0. The first-order chi connectivity index (χ1) is 6.93. The van der Waals surface area contributed by atoms with E-state index in [2.05, 4.69) is 4.18 Å². The number of benzene rings is 1. The molecule has 1 amide bonds. The normalized spacial score (nSPS) is 12.3. The number of halogens is 1. The van der Waals surface area contributed by atoms with Gasteiger partial charge >= 0.3 is 39.7 Å². The van der Waals surface area contributed by atoms with Crippen LogP contribution < -0.4 is 39.5 Å². The van der Waals surface area contributed by atoms with Gasteiger partial charge in [-0.05, 0) is 12.1 Å². The molecule has 0 fully saturated rings. The van der Waals surface area contributed by atoms with Gasteiger partial charge in [0.05, 0.1) is 0 Å². The quantitative estimate of drug-likeness (QED) is 0.283. The maximum Gasteiger partial charge on any atom is 1.00 e. The number of nitrogens with two attached hydrogens (primary N) is 1. The van der Waals surface area contributed by atoms with Crippen molar-refractivity contribution >= 4 is 38.6 Å². The molecule has 1 atom stereocenters. The number of rotatable bonds is 4. The minimum atomic E-state index is -4.00. The number of carbonyl (C=O) groups is 1. The smallest absolute Gasteiger partial charge is 1.00 e. The first-order valence-electron chi connectivity index (χ1n) is 3.85. The third kappa shape index (κ3) is 4.58. The second-order valence-electron chi connectivity index (χ2n) is 2.61. The summed E-state index contributed by atoms with van der Waals surface area (Å²) in [5, 5.41) is 0. The van der Waals surface area contributed by atoms with E-state index in [1.165, 1.54) is 34.7 Å². The molecule has 0 aliphatic rings. The average Bonchev–Trinajstić information content (AvgIpc) is 2.17. The van der Waals surface area contributed by atoms with Crippen molar-refractivity contribution in [2.45, 2.75) is 3.26 Å². The van der Waals surface area contributed by atoms with Crippen LogP contribution in [0, 0.1) is 0 Å². The van der Waals surface area contributed by atoms with Gasteiger partial charge in [-0.3, -0.25) is 4.79 Å². The van der Waals surface area contributed by atoms with Crippen molar-refractivity contribution in [1.82, 2.24) is 0 Å². The van der Waals surface area contributed by atoms with E-state index in [-0.39, 0.29) is 36.7 Å². The van der Waals surface area contributed by atoms with Crippen LogP contribution in [0.4, 0.5) is 0 Å². The van der Waals surface area contributed by atoms with Crippen LogP contribution >= 0.6 is 22.6 Å². The van der Waals surface area contributed by atoms with E-state index in [1.54, 1.807) is 18.2 Å². The molecule has 2 N–H and O–H groups in total.